The molecule has 3 aromatic heterocycles. The standard InChI is InChI=1S/C28H28FN5/c1-5-8-20(3)14-24(9-6-2)27-25(29)15-23(17-31-27)18-32-28-21(4)26(33-19-34-28)12-11-22-10-7-13-30-16-22/h6-10,13-17,19H,5,18H2,1-4H3,(H,32,33,34)/b9-6-,20-8+,24-14+. The lowest BCUT2D eigenvalue weighted by atomic mass is 10.1. The Bertz CT molecular complexity index is 1280. The molecule has 0 aliphatic carbocycles. The molecule has 0 unspecified atom stereocenters. The molecule has 5 nitrogen and oxygen atoms in total. The Morgan fingerprint density at radius 2 is 2.03 bits per heavy atom. The van der Waals surface area contributed by atoms with Crippen molar-refractivity contribution in [1.29, 1.82) is 0 Å². The van der Waals surface area contributed by atoms with Crippen molar-refractivity contribution in [1.82, 2.24) is 19.9 Å². The average Bonchev–Trinajstić information content (AvgIpc) is 2.83. The van der Waals surface area contributed by atoms with Gasteiger partial charge in [0.1, 0.15) is 29.4 Å². The summed E-state index contributed by atoms with van der Waals surface area (Å²) in [6.45, 7) is 8.25. The summed E-state index contributed by atoms with van der Waals surface area (Å²) in [4.78, 5) is 17.0. The summed E-state index contributed by atoms with van der Waals surface area (Å²) >= 11 is 0. The highest BCUT2D eigenvalue weighted by atomic mass is 19.1. The molecule has 3 aromatic rings. The zero-order chi connectivity index (χ0) is 24.3. The molecule has 0 radical (unpaired) electrons. The van der Waals surface area contributed by atoms with Crippen LogP contribution in [0.1, 0.15) is 55.3 Å². The van der Waals surface area contributed by atoms with Gasteiger partial charge < -0.3 is 5.32 Å². The molecule has 0 fully saturated rings. The van der Waals surface area contributed by atoms with Crippen LogP contribution in [-0.2, 0) is 6.54 Å². The van der Waals surface area contributed by atoms with Gasteiger partial charge in [-0.1, -0.05) is 42.7 Å². The molecule has 34 heavy (non-hydrogen) atoms. The van der Waals surface area contributed by atoms with Gasteiger partial charge in [0.15, 0.2) is 0 Å². The highest BCUT2D eigenvalue weighted by Crippen LogP contribution is 2.21. The van der Waals surface area contributed by atoms with Crippen LogP contribution in [-0.4, -0.2) is 19.9 Å². The molecule has 1 N–H and O–H groups in total. The minimum absolute atomic E-state index is 0.330. The maximum atomic E-state index is 15.0. The molecule has 0 aliphatic heterocycles. The van der Waals surface area contributed by atoms with Crippen LogP contribution in [0, 0.1) is 24.6 Å². The highest BCUT2D eigenvalue weighted by molar-refractivity contribution is 5.74. The van der Waals surface area contributed by atoms with Gasteiger partial charge in [0.2, 0.25) is 0 Å². The summed E-state index contributed by atoms with van der Waals surface area (Å²) in [5.74, 6) is 6.39. The quantitative estimate of drug-likeness (QED) is 0.349. The van der Waals surface area contributed by atoms with Crippen LogP contribution in [0.15, 0.2) is 73.0 Å². The van der Waals surface area contributed by atoms with Gasteiger partial charge >= 0.3 is 0 Å². The van der Waals surface area contributed by atoms with Gasteiger partial charge in [-0.05, 0) is 56.9 Å². The van der Waals surface area contributed by atoms with Crippen LogP contribution < -0.4 is 5.32 Å². The number of aromatic nitrogens is 4. The molecule has 0 spiro atoms. The maximum absolute atomic E-state index is 15.0. The summed E-state index contributed by atoms with van der Waals surface area (Å²) in [5, 5.41) is 3.24. The number of halogens is 1. The highest BCUT2D eigenvalue weighted by Gasteiger charge is 2.10. The Morgan fingerprint density at radius 3 is 2.74 bits per heavy atom. The molecule has 172 valence electrons. The van der Waals surface area contributed by atoms with E-state index in [1.54, 1.807) is 18.6 Å². The number of allylic oxidation sites excluding steroid dienone is 6. The second kappa shape index (κ2) is 12.2. The number of anilines is 1. The van der Waals surface area contributed by atoms with Crippen LogP contribution in [0.25, 0.3) is 5.57 Å². The van der Waals surface area contributed by atoms with E-state index >= 15 is 0 Å². The molecule has 0 amide bonds. The first-order valence-corrected chi connectivity index (χ1v) is 11.1. The smallest absolute Gasteiger partial charge is 0.149 e. The number of hydrogen-bond donors (Lipinski definition) is 1. The van der Waals surface area contributed by atoms with Crippen molar-refractivity contribution >= 4 is 11.4 Å². The van der Waals surface area contributed by atoms with Crippen LogP contribution >= 0.6 is 0 Å². The van der Waals surface area contributed by atoms with Crippen molar-refractivity contribution in [2.24, 2.45) is 0 Å². The van der Waals surface area contributed by atoms with Gasteiger partial charge in [-0.15, -0.1) is 0 Å². The molecule has 3 rings (SSSR count). The normalized spacial score (nSPS) is 11.9. The van der Waals surface area contributed by atoms with Gasteiger partial charge in [-0.25, -0.2) is 14.4 Å². The first kappa shape index (κ1) is 24.5. The lowest BCUT2D eigenvalue weighted by Gasteiger charge is -2.10. The van der Waals surface area contributed by atoms with Gasteiger partial charge in [0.25, 0.3) is 0 Å². The Balaban J connectivity index is 1.77. The summed E-state index contributed by atoms with van der Waals surface area (Å²) in [7, 11) is 0. The molecule has 0 aromatic carbocycles. The van der Waals surface area contributed by atoms with Gasteiger partial charge in [0, 0.05) is 41.8 Å². The third-order valence-corrected chi connectivity index (χ3v) is 4.96. The predicted octanol–water partition coefficient (Wildman–Crippen LogP) is 6.04. The number of pyridine rings is 2. The zero-order valence-corrected chi connectivity index (χ0v) is 19.9. The lowest BCUT2D eigenvalue weighted by molar-refractivity contribution is 0.614. The van der Waals surface area contributed by atoms with Crippen LogP contribution in [0.5, 0.6) is 0 Å². The Hall–Kier alpha value is -4.11. The summed E-state index contributed by atoms with van der Waals surface area (Å²) < 4.78 is 15.0. The van der Waals surface area contributed by atoms with Crippen molar-refractivity contribution in [3.63, 3.8) is 0 Å². The number of nitrogens with zero attached hydrogens (tertiary/aromatic N) is 4. The van der Waals surface area contributed by atoms with E-state index in [9.17, 15) is 4.39 Å². The van der Waals surface area contributed by atoms with Crippen LogP contribution in [0.3, 0.4) is 0 Å². The average molecular weight is 454 g/mol. The molecular formula is C28H28FN5. The fraction of sp³-hybridized carbons (Fsp3) is 0.214. The first-order valence-electron chi connectivity index (χ1n) is 11.1. The first-order chi connectivity index (χ1) is 16.5. The van der Waals surface area contributed by atoms with E-state index in [1.807, 2.05) is 51.1 Å². The third kappa shape index (κ3) is 6.69. The topological polar surface area (TPSA) is 63.6 Å². The molecular weight excluding hydrogens is 425 g/mol. The molecule has 0 bridgehead atoms. The van der Waals surface area contributed by atoms with Gasteiger partial charge in [0.05, 0.1) is 0 Å². The van der Waals surface area contributed by atoms with Crippen LogP contribution in [0.4, 0.5) is 10.2 Å². The zero-order valence-electron chi connectivity index (χ0n) is 19.9. The number of rotatable bonds is 7. The molecule has 0 aliphatic rings. The SMILES string of the molecule is C\C=C/C(=C\C(C)=C\CC)c1ncc(CNc2ncnc(C#Cc3cccnc3)c2C)cc1F. The Morgan fingerprint density at radius 1 is 1.18 bits per heavy atom. The van der Waals surface area contributed by atoms with Crippen molar-refractivity contribution < 1.29 is 4.39 Å². The number of hydrogen-bond acceptors (Lipinski definition) is 5. The fourth-order valence-electron chi connectivity index (χ4n) is 3.30. The third-order valence-electron chi connectivity index (χ3n) is 4.96. The molecule has 6 heteroatoms. The summed E-state index contributed by atoms with van der Waals surface area (Å²) in [6.07, 6.45) is 15.3. The summed E-state index contributed by atoms with van der Waals surface area (Å²) in [6, 6.07) is 5.23. The lowest BCUT2D eigenvalue weighted by Crippen LogP contribution is -2.07. The van der Waals surface area contributed by atoms with Gasteiger partial charge in [-0.3, -0.25) is 9.97 Å². The Kier molecular flexibility index (Phi) is 8.81. The minimum atomic E-state index is -0.365. The van der Waals surface area contributed by atoms with Crippen molar-refractivity contribution in [3.8, 4) is 11.8 Å². The largest absolute Gasteiger partial charge is 0.366 e. The van der Waals surface area contributed by atoms with Crippen molar-refractivity contribution in [2.45, 2.75) is 40.7 Å². The van der Waals surface area contributed by atoms with E-state index in [4.69, 9.17) is 0 Å². The van der Waals surface area contributed by atoms with E-state index < -0.39 is 0 Å². The second-order valence-electron chi connectivity index (χ2n) is 7.67. The fourth-order valence-corrected chi connectivity index (χ4v) is 3.30. The van der Waals surface area contributed by atoms with Crippen molar-refractivity contribution in [2.75, 3.05) is 5.32 Å². The van der Waals surface area contributed by atoms with E-state index in [0.29, 0.717) is 29.3 Å². The van der Waals surface area contributed by atoms with E-state index in [1.165, 1.54) is 12.4 Å². The van der Waals surface area contributed by atoms with Crippen molar-refractivity contribution in [3.05, 3.63) is 107 Å². The monoisotopic (exact) mass is 453 g/mol. The minimum Gasteiger partial charge on any atom is -0.366 e. The van der Waals surface area contributed by atoms with E-state index in [2.05, 4.69) is 50.1 Å². The number of nitrogens with one attached hydrogen (secondary N) is 1. The summed E-state index contributed by atoms with van der Waals surface area (Å²) in [5.41, 5.74) is 5.11. The van der Waals surface area contributed by atoms with E-state index in [0.717, 1.165) is 28.7 Å². The Labute approximate surface area is 200 Å². The molecule has 0 saturated carbocycles. The van der Waals surface area contributed by atoms with E-state index in [-0.39, 0.29) is 5.82 Å². The van der Waals surface area contributed by atoms with Crippen LogP contribution in [0.2, 0.25) is 0 Å². The van der Waals surface area contributed by atoms with Gasteiger partial charge in [-0.2, -0.15) is 0 Å². The molecule has 0 saturated heterocycles. The molecule has 3 heterocycles. The molecule has 0 atom stereocenters. The predicted molar refractivity (Wildman–Crippen MR) is 135 cm³/mol. The second-order valence-corrected chi connectivity index (χ2v) is 7.67. The maximum Gasteiger partial charge on any atom is 0.149 e.